The van der Waals surface area contributed by atoms with Gasteiger partial charge in [-0.1, -0.05) is 39.2 Å². The van der Waals surface area contributed by atoms with Crippen LogP contribution in [-0.4, -0.2) is 177 Å². The average molecular weight is 1320 g/mol. The number of ether oxygens (including phenoxy) is 8. The molecule has 7 rings (SSSR count). The fraction of sp³-hybridized carbons (Fsp3) is 0.644. The summed E-state index contributed by atoms with van der Waals surface area (Å²) in [5.74, 6) is 0.456. The monoisotopic (exact) mass is 1320 g/mol. The van der Waals surface area contributed by atoms with Gasteiger partial charge in [-0.3, -0.25) is 33.1 Å². The topological polar surface area (TPSA) is 382 Å². The number of aliphatic hydroxyl groups is 1. The van der Waals surface area contributed by atoms with Gasteiger partial charge < -0.3 is 91.7 Å². The number of H-pyrrole nitrogens is 1. The van der Waals surface area contributed by atoms with Crippen LogP contribution in [0.3, 0.4) is 0 Å². The lowest BCUT2D eigenvalue weighted by Crippen LogP contribution is -2.42. The number of phosphoric acid groups is 2. The number of hydrogen-bond donors (Lipinski definition) is 5. The number of amides is 3. The molecule has 0 saturated carbocycles. The number of aryl methyl sites for hydroxylation is 2. The van der Waals surface area contributed by atoms with E-state index < -0.39 is 95.8 Å². The summed E-state index contributed by atoms with van der Waals surface area (Å²) in [6.07, 6.45) is 2.58. The predicted molar refractivity (Wildman–Crippen MR) is 322 cm³/mol. The SMILES string of the molecule is C=C1NC(=O)C(C)=CN1[C@H]1CC(O)[C@@H](COP(=O)([O-])OC2C[C@H](n3cc(C)c(=O)[nH]c3=O)O[C@@H]2COP(=O)([O-])OCCNC(=O)OC2CCCCc3c(-c4ccc(OCCOCCOCCOCCOCCC(=O)NCCCCCCC)cc4)nnc(C)c3C2)O1. The predicted octanol–water partition coefficient (Wildman–Crippen LogP) is 3.54. The maximum atomic E-state index is 13.3. The zero-order valence-electron chi connectivity index (χ0n) is 52.0. The van der Waals surface area contributed by atoms with Gasteiger partial charge in [-0.15, -0.1) is 5.10 Å². The van der Waals surface area contributed by atoms with Crippen molar-refractivity contribution < 1.29 is 94.4 Å². The molecule has 1 aliphatic carbocycles. The Morgan fingerprint density at radius 3 is 2.18 bits per heavy atom. The molecule has 0 radical (unpaired) electrons. The highest BCUT2D eigenvalue weighted by Gasteiger charge is 2.43. The molecule has 0 spiro atoms. The first-order valence-corrected chi connectivity index (χ1v) is 33.7. The molecule has 5 N–H and O–H groups in total. The van der Waals surface area contributed by atoms with Crippen molar-refractivity contribution in [3.8, 4) is 17.0 Å². The number of carbonyl (C=O) groups is 3. The number of unbranched alkanes of at least 4 members (excludes halogenated alkanes) is 4. The van der Waals surface area contributed by atoms with Crippen molar-refractivity contribution in [2.75, 3.05) is 92.4 Å². The van der Waals surface area contributed by atoms with Crippen LogP contribution in [0.1, 0.15) is 113 Å². The Morgan fingerprint density at radius 1 is 0.780 bits per heavy atom. The Morgan fingerprint density at radius 2 is 1.45 bits per heavy atom. The van der Waals surface area contributed by atoms with E-state index in [4.69, 9.17) is 56.0 Å². The van der Waals surface area contributed by atoms with Gasteiger partial charge in [-0.05, 0) is 88.3 Å². The van der Waals surface area contributed by atoms with Crippen LogP contribution in [0.5, 0.6) is 5.75 Å². The van der Waals surface area contributed by atoms with Crippen LogP contribution in [0.4, 0.5) is 4.79 Å². The van der Waals surface area contributed by atoms with E-state index in [-0.39, 0.29) is 42.6 Å². The van der Waals surface area contributed by atoms with E-state index in [1.165, 1.54) is 43.5 Å². The number of aliphatic hydroxyl groups excluding tert-OH is 1. The van der Waals surface area contributed by atoms with Gasteiger partial charge in [-0.2, -0.15) is 5.10 Å². The lowest BCUT2D eigenvalue weighted by Gasteiger charge is -2.33. The lowest BCUT2D eigenvalue weighted by molar-refractivity contribution is -0.236. The third kappa shape index (κ3) is 23.6. The number of nitrogens with zero attached hydrogens (tertiary/aromatic N) is 4. The summed E-state index contributed by atoms with van der Waals surface area (Å²) in [7, 11) is -10.5. The van der Waals surface area contributed by atoms with E-state index in [2.05, 4.69) is 44.6 Å². The third-order valence-electron chi connectivity index (χ3n) is 15.2. The summed E-state index contributed by atoms with van der Waals surface area (Å²) in [6.45, 7) is 12.5. The first kappa shape index (κ1) is 72.6. The van der Waals surface area contributed by atoms with Gasteiger partial charge >= 0.3 is 11.8 Å². The van der Waals surface area contributed by atoms with Crippen LogP contribution in [0.15, 0.2) is 64.2 Å². The number of aromatic nitrogens is 4. The molecule has 3 aliphatic heterocycles. The molecule has 2 aromatic heterocycles. The second-order valence-electron chi connectivity index (χ2n) is 22.2. The number of alkyl carbamates (subject to hydrolysis) is 1. The largest absolute Gasteiger partial charge is 0.756 e. The van der Waals surface area contributed by atoms with Gasteiger partial charge in [0.05, 0.1) is 96.3 Å². The minimum Gasteiger partial charge on any atom is -0.756 e. The van der Waals surface area contributed by atoms with Crippen molar-refractivity contribution in [2.45, 2.75) is 154 Å². The standard InChI is InChI=1S/C59H88N8O22P2/c1-6-7-8-9-12-20-60-52(69)19-22-78-24-25-79-26-27-80-28-29-81-30-31-82-44-17-15-43(16-18-44)55-46-14-11-10-13-45(32-47(46)41(4)64-65-55)86-59(73)61-21-23-83-90(74,75)84-38-51-49(34-54(88-51)67-36-40(3)57(71)63-58(67)72)89-91(76,77)85-37-50-48(68)33-53(87-50)66-35-39(2)56(70)62-42(66)5/h15-18,35-36,45,48-51,53-54,68H,5-14,19-34,37-38H2,1-4H3,(H,60,69)(H,61,73)(H,62,70)(H,74,75)(H,76,77)(H,63,71,72)/p-2/t45?,48?,49?,50-,51-,53-,54-/m1/s1. The second kappa shape index (κ2) is 36.6. The smallest absolute Gasteiger partial charge is 0.407 e. The Labute approximate surface area is 528 Å². The highest BCUT2D eigenvalue weighted by atomic mass is 31.2. The Bertz CT molecular complexity index is 3120. The number of hydrogen-bond acceptors (Lipinski definition) is 25. The molecule has 32 heteroatoms. The van der Waals surface area contributed by atoms with Crippen LogP contribution < -0.4 is 41.7 Å². The molecule has 1 aromatic carbocycles. The maximum absolute atomic E-state index is 13.3. The van der Waals surface area contributed by atoms with E-state index in [0.717, 1.165) is 53.4 Å². The molecule has 3 aromatic rings. The molecule has 2 fully saturated rings. The van der Waals surface area contributed by atoms with Crippen LogP contribution in [0.2, 0.25) is 0 Å². The van der Waals surface area contributed by atoms with E-state index in [0.29, 0.717) is 108 Å². The lowest BCUT2D eigenvalue weighted by atomic mass is 9.88. The summed E-state index contributed by atoms with van der Waals surface area (Å²) in [6, 6.07) is 7.52. The van der Waals surface area contributed by atoms with E-state index >= 15 is 0 Å². The van der Waals surface area contributed by atoms with Gasteiger partial charge in [0.1, 0.15) is 48.9 Å². The molecule has 9 atom stereocenters. The fourth-order valence-electron chi connectivity index (χ4n) is 10.3. The Balaban J connectivity index is 0.794. The zero-order chi connectivity index (χ0) is 65.3. The van der Waals surface area contributed by atoms with Crippen LogP contribution in [0, 0.1) is 13.8 Å². The molecule has 5 heterocycles. The van der Waals surface area contributed by atoms with Crippen LogP contribution in [0.25, 0.3) is 11.3 Å². The van der Waals surface area contributed by atoms with Gasteiger partial charge in [0.25, 0.3) is 27.1 Å². The molecule has 91 heavy (non-hydrogen) atoms. The normalized spacial score (nSPS) is 22.3. The summed E-state index contributed by atoms with van der Waals surface area (Å²) in [4.78, 5) is 91.9. The highest BCUT2D eigenvalue weighted by molar-refractivity contribution is 7.46. The second-order valence-corrected chi connectivity index (χ2v) is 25.0. The minimum absolute atomic E-state index is 0.00523. The summed E-state index contributed by atoms with van der Waals surface area (Å²) < 4.78 is 93.6. The Hall–Kier alpha value is -5.79. The van der Waals surface area contributed by atoms with Crippen LogP contribution in [-0.2, 0) is 82.8 Å². The molecule has 3 amide bonds. The molecule has 5 unspecified atom stereocenters. The van der Waals surface area contributed by atoms with E-state index in [1.54, 1.807) is 6.92 Å². The van der Waals surface area contributed by atoms with E-state index in [9.17, 15) is 48.0 Å². The summed E-state index contributed by atoms with van der Waals surface area (Å²) in [5.41, 5.74) is 2.99. The highest BCUT2D eigenvalue weighted by Crippen LogP contribution is 2.47. The number of phosphoric ester groups is 2. The quantitative estimate of drug-likeness (QED) is 0.0404. The van der Waals surface area contributed by atoms with Crippen molar-refractivity contribution >= 4 is 33.6 Å². The number of rotatable bonds is 38. The molecule has 506 valence electrons. The van der Waals surface area contributed by atoms with Crippen molar-refractivity contribution in [3.63, 3.8) is 0 Å². The molecule has 0 bridgehead atoms. The van der Waals surface area contributed by atoms with Crippen LogP contribution >= 0.6 is 15.6 Å². The fourth-order valence-corrected chi connectivity index (χ4v) is 12.0. The number of benzene rings is 1. The molecule has 2 saturated heterocycles. The third-order valence-corrected chi connectivity index (χ3v) is 17.2. The van der Waals surface area contributed by atoms with Crippen molar-refractivity contribution in [1.29, 1.82) is 0 Å². The number of fused-ring (bicyclic) bond motifs is 1. The molecule has 30 nitrogen and oxygen atoms in total. The average Bonchev–Trinajstić information content (AvgIpc) is 1.81. The minimum atomic E-state index is -5.33. The molecular weight excluding hydrogens is 1230 g/mol. The number of aromatic amines is 1. The molecular formula is C59H86N8O22P2-2. The zero-order valence-corrected chi connectivity index (χ0v) is 53.8. The first-order valence-electron chi connectivity index (χ1n) is 30.8. The van der Waals surface area contributed by atoms with Gasteiger partial charge in [0.15, 0.2) is 0 Å². The summed E-state index contributed by atoms with van der Waals surface area (Å²) in [5, 5.41) is 27.7. The first-order chi connectivity index (χ1) is 43.7. The van der Waals surface area contributed by atoms with Gasteiger partial charge in [0.2, 0.25) is 5.91 Å². The molecule has 4 aliphatic rings. The van der Waals surface area contributed by atoms with Gasteiger partial charge in [-0.25, -0.2) is 9.59 Å². The summed E-state index contributed by atoms with van der Waals surface area (Å²) >= 11 is 0. The van der Waals surface area contributed by atoms with Crippen molar-refractivity contribution in [2.24, 2.45) is 0 Å². The maximum Gasteiger partial charge on any atom is 0.407 e. The Kier molecular flexibility index (Phi) is 29.2. The van der Waals surface area contributed by atoms with Crippen molar-refractivity contribution in [3.05, 3.63) is 97.9 Å². The van der Waals surface area contributed by atoms with Crippen molar-refractivity contribution in [1.82, 2.24) is 40.6 Å². The van der Waals surface area contributed by atoms with Gasteiger partial charge in [0, 0.05) is 67.9 Å². The number of nitrogens with one attached hydrogen (secondary N) is 4. The number of carbonyl (C=O) groups excluding carboxylic acids is 3. The van der Waals surface area contributed by atoms with E-state index in [1.807, 2.05) is 31.2 Å².